The average molecular weight is 573 g/mol. The number of carbonyl (C=O) groups is 2. The molecule has 232 valence electrons. The molecule has 0 radical (unpaired) electrons. The lowest BCUT2D eigenvalue weighted by Gasteiger charge is -2.05. The van der Waals surface area contributed by atoms with Crippen molar-refractivity contribution in [2.75, 3.05) is 13.2 Å². The van der Waals surface area contributed by atoms with E-state index in [1.54, 1.807) is 0 Å². The Bertz CT molecular complexity index is 517. The van der Waals surface area contributed by atoms with Gasteiger partial charge in [-0.1, -0.05) is 143 Å². The number of unbranched alkanes of at least 4 members (excludes halogenated alkanes) is 18. The molecule has 6 nitrogen and oxygen atoms in total. The fraction of sp³-hybridized carbons (Fsp3) is 0.812. The number of rotatable bonds is 26. The molecule has 0 heterocycles. The van der Waals surface area contributed by atoms with Gasteiger partial charge in [-0.15, -0.1) is 0 Å². The van der Waals surface area contributed by atoms with Crippen LogP contribution in [-0.2, 0) is 19.1 Å². The van der Waals surface area contributed by atoms with Gasteiger partial charge in [0.1, 0.15) is 0 Å². The predicted octanol–water partition coefficient (Wildman–Crippen LogP) is 9.30. The molecule has 39 heavy (non-hydrogen) atoms. The van der Waals surface area contributed by atoms with Crippen molar-refractivity contribution < 1.29 is 29.3 Å². The van der Waals surface area contributed by atoms with E-state index < -0.39 is 11.9 Å². The molecule has 0 rings (SSSR count). The van der Waals surface area contributed by atoms with E-state index in [9.17, 15) is 9.59 Å². The molecular formula is C32H64O6Si. The van der Waals surface area contributed by atoms with Crippen LogP contribution in [0.3, 0.4) is 0 Å². The first kappa shape index (κ1) is 41.7. The van der Waals surface area contributed by atoms with Crippen LogP contribution < -0.4 is 0 Å². The normalized spacial score (nSPS) is 9.95. The molecular weight excluding hydrogens is 508 g/mol. The Kier molecular flexibility index (Phi) is 38.8. The number of aliphatic carboxylic acids is 2. The highest BCUT2D eigenvalue weighted by Gasteiger charge is 2.04. The highest BCUT2D eigenvalue weighted by molar-refractivity contribution is 6.31. The summed E-state index contributed by atoms with van der Waals surface area (Å²) in [6.45, 7) is 16.6. The third kappa shape index (κ3) is 40.9. The maximum Gasteiger partial charge on any atom is 0.370 e. The fourth-order valence-corrected chi connectivity index (χ4v) is 3.69. The first-order chi connectivity index (χ1) is 18.8. The van der Waals surface area contributed by atoms with Crippen LogP contribution in [0.15, 0.2) is 24.7 Å². The summed E-state index contributed by atoms with van der Waals surface area (Å²) in [5.74, 6) is -2.43. The smallest absolute Gasteiger partial charge is 0.370 e. The molecule has 0 aliphatic heterocycles. The van der Waals surface area contributed by atoms with Crippen molar-refractivity contribution in [1.29, 1.82) is 0 Å². The van der Waals surface area contributed by atoms with Crippen LogP contribution in [0.2, 0.25) is 13.1 Å². The zero-order chi connectivity index (χ0) is 30.0. The van der Waals surface area contributed by atoms with Crippen LogP contribution in [0.4, 0.5) is 0 Å². The summed E-state index contributed by atoms with van der Waals surface area (Å²) >= 11 is 0. The van der Waals surface area contributed by atoms with Crippen molar-refractivity contribution in [2.24, 2.45) is 0 Å². The number of hydrogen-bond acceptors (Lipinski definition) is 4. The van der Waals surface area contributed by atoms with Gasteiger partial charge in [-0.25, -0.2) is 9.59 Å². The van der Waals surface area contributed by atoms with Crippen LogP contribution in [0.1, 0.15) is 142 Å². The lowest BCUT2D eigenvalue weighted by Crippen LogP contribution is -2.04. The third-order valence-corrected chi connectivity index (χ3v) is 6.03. The molecule has 0 saturated heterocycles. The van der Waals surface area contributed by atoms with E-state index in [2.05, 4.69) is 40.1 Å². The van der Waals surface area contributed by atoms with Crippen molar-refractivity contribution >= 4 is 21.5 Å². The van der Waals surface area contributed by atoms with Crippen LogP contribution in [0.25, 0.3) is 0 Å². The van der Waals surface area contributed by atoms with Gasteiger partial charge in [-0.3, -0.25) is 0 Å². The van der Waals surface area contributed by atoms with Gasteiger partial charge < -0.3 is 19.7 Å². The maximum atomic E-state index is 10.4. The molecule has 0 amide bonds. The molecule has 0 aromatic rings. The van der Waals surface area contributed by atoms with Crippen molar-refractivity contribution in [3.63, 3.8) is 0 Å². The van der Waals surface area contributed by atoms with Crippen LogP contribution in [0.5, 0.6) is 0 Å². The molecule has 0 aliphatic rings. The van der Waals surface area contributed by atoms with E-state index in [4.69, 9.17) is 19.7 Å². The van der Waals surface area contributed by atoms with E-state index in [1.807, 2.05) is 0 Å². The van der Waals surface area contributed by atoms with E-state index in [1.165, 1.54) is 103 Å². The Labute approximate surface area is 243 Å². The van der Waals surface area contributed by atoms with Gasteiger partial charge in [0, 0.05) is 9.52 Å². The lowest BCUT2D eigenvalue weighted by atomic mass is 10.1. The Morgan fingerprint density at radius 3 is 0.923 bits per heavy atom. The van der Waals surface area contributed by atoms with Crippen molar-refractivity contribution in [3.05, 3.63) is 24.7 Å². The van der Waals surface area contributed by atoms with Crippen LogP contribution >= 0.6 is 0 Å². The zero-order valence-electron chi connectivity index (χ0n) is 26.2. The van der Waals surface area contributed by atoms with Crippen molar-refractivity contribution in [2.45, 2.75) is 155 Å². The summed E-state index contributed by atoms with van der Waals surface area (Å²) in [7, 11) is 0.417. The van der Waals surface area contributed by atoms with E-state index in [0.717, 1.165) is 25.7 Å². The molecule has 0 atom stereocenters. The fourth-order valence-electron chi connectivity index (χ4n) is 3.69. The van der Waals surface area contributed by atoms with Gasteiger partial charge in [0.2, 0.25) is 0 Å². The second-order valence-corrected chi connectivity index (χ2v) is 11.6. The largest absolute Gasteiger partial charge is 0.487 e. The van der Waals surface area contributed by atoms with Crippen LogP contribution in [0, 0.1) is 0 Å². The molecule has 0 aromatic heterocycles. The monoisotopic (exact) mass is 572 g/mol. The van der Waals surface area contributed by atoms with Gasteiger partial charge in [-0.05, 0) is 26.0 Å². The summed E-state index contributed by atoms with van der Waals surface area (Å²) in [6, 6.07) is 0. The SMILES string of the molecule is C=C(OCCCCCCCCCCCC)C(=O)O.C=C(OCCCCCCCCCCCC)C(=O)O.C[SiH2]C. The first-order valence-corrected chi connectivity index (χ1v) is 18.7. The van der Waals surface area contributed by atoms with Gasteiger partial charge in [0.25, 0.3) is 0 Å². The molecule has 0 fully saturated rings. The van der Waals surface area contributed by atoms with Gasteiger partial charge in [0.15, 0.2) is 11.5 Å². The predicted molar refractivity (Wildman–Crippen MR) is 169 cm³/mol. The standard InChI is InChI=1S/2C15H28O3.C2H8Si/c2*1-3-4-5-6-7-8-9-10-11-12-13-18-14(2)15(16)17;1-3-2/h2*2-13H2,1H3,(H,16,17);3H2,1-2H3. The maximum absolute atomic E-state index is 10.4. The first-order valence-electron chi connectivity index (χ1n) is 15.9. The van der Waals surface area contributed by atoms with E-state index in [-0.39, 0.29) is 11.5 Å². The summed E-state index contributed by atoms with van der Waals surface area (Å²) in [4.78, 5) is 20.8. The second kappa shape index (κ2) is 36.2. The number of ether oxygens (including phenoxy) is 2. The van der Waals surface area contributed by atoms with Gasteiger partial charge >= 0.3 is 11.9 Å². The lowest BCUT2D eigenvalue weighted by molar-refractivity contribution is -0.137. The molecule has 0 bridgehead atoms. The Hall–Kier alpha value is -1.76. The molecule has 0 unspecified atom stereocenters. The topological polar surface area (TPSA) is 93.1 Å². The zero-order valence-corrected chi connectivity index (χ0v) is 27.6. The third-order valence-electron chi connectivity index (χ3n) is 6.03. The highest BCUT2D eigenvalue weighted by Crippen LogP contribution is 2.12. The quantitative estimate of drug-likeness (QED) is 0.0464. The van der Waals surface area contributed by atoms with Crippen LogP contribution in [-0.4, -0.2) is 44.9 Å². The van der Waals surface area contributed by atoms with Crippen molar-refractivity contribution in [1.82, 2.24) is 0 Å². The highest BCUT2D eigenvalue weighted by atomic mass is 28.2. The molecule has 0 spiro atoms. The summed E-state index contributed by atoms with van der Waals surface area (Å²) in [6.07, 6.45) is 25.3. The Morgan fingerprint density at radius 2 is 0.718 bits per heavy atom. The average Bonchev–Trinajstić information content (AvgIpc) is 2.90. The Morgan fingerprint density at radius 1 is 0.513 bits per heavy atom. The molecule has 7 heteroatoms. The van der Waals surface area contributed by atoms with Gasteiger partial charge in [-0.2, -0.15) is 0 Å². The summed E-state index contributed by atoms with van der Waals surface area (Å²) in [5, 5.41) is 17.0. The molecule has 2 N–H and O–H groups in total. The summed E-state index contributed by atoms with van der Waals surface area (Å²) in [5.41, 5.74) is 0. The van der Waals surface area contributed by atoms with Crippen molar-refractivity contribution in [3.8, 4) is 0 Å². The van der Waals surface area contributed by atoms with Gasteiger partial charge in [0.05, 0.1) is 13.2 Å². The minimum Gasteiger partial charge on any atom is -0.487 e. The minimum atomic E-state index is -1.07. The second-order valence-electron chi connectivity index (χ2n) is 10.2. The number of carboxylic acid groups (broad SMARTS) is 2. The minimum absolute atomic E-state index is 0.147. The number of carboxylic acids is 2. The summed E-state index contributed by atoms with van der Waals surface area (Å²) < 4.78 is 9.96. The molecule has 0 saturated carbocycles. The van der Waals surface area contributed by atoms with E-state index >= 15 is 0 Å². The molecule has 0 aromatic carbocycles. The number of hydrogen-bond donors (Lipinski definition) is 2. The molecule has 0 aliphatic carbocycles. The van der Waals surface area contributed by atoms with E-state index in [0.29, 0.717) is 22.7 Å². The Balaban J connectivity index is -0.000000603.